The van der Waals surface area contributed by atoms with Crippen LogP contribution in [0.2, 0.25) is 0 Å². The molecule has 1 heterocycles. The fourth-order valence-corrected chi connectivity index (χ4v) is 3.27. The van der Waals surface area contributed by atoms with Crippen molar-refractivity contribution in [1.29, 1.82) is 0 Å². The molecule has 2 aromatic rings. The van der Waals surface area contributed by atoms with Crippen molar-refractivity contribution < 1.29 is 9.15 Å². The Hall–Kier alpha value is -3.27. The molecule has 4 nitrogen and oxygen atoms in total. The third kappa shape index (κ3) is 2.80. The molecule has 0 saturated heterocycles. The second-order valence-electron chi connectivity index (χ2n) is 6.12. The van der Waals surface area contributed by atoms with Crippen molar-refractivity contribution in [1.82, 2.24) is 0 Å². The minimum Gasteiger partial charge on any atom is -0.497 e. The van der Waals surface area contributed by atoms with E-state index in [0.717, 1.165) is 51.1 Å². The summed E-state index contributed by atoms with van der Waals surface area (Å²) in [5.41, 5.74) is 10.6. The zero-order valence-corrected chi connectivity index (χ0v) is 14.8. The van der Waals surface area contributed by atoms with Gasteiger partial charge in [0.1, 0.15) is 17.1 Å². The number of rotatable bonds is 3. The van der Waals surface area contributed by atoms with Crippen LogP contribution in [-0.4, -0.2) is 13.7 Å². The third-order valence-electron chi connectivity index (χ3n) is 4.43. The van der Waals surface area contributed by atoms with Crippen LogP contribution < -0.4 is 15.8 Å². The summed E-state index contributed by atoms with van der Waals surface area (Å²) < 4.78 is 11.6. The summed E-state index contributed by atoms with van der Waals surface area (Å²) in [7, 11) is 1.68. The normalized spacial score (nSPS) is 12.0. The maximum absolute atomic E-state index is 6.16. The number of nitrogens with zero attached hydrogens (tertiary/aromatic N) is 1. The maximum atomic E-state index is 6.16. The van der Waals surface area contributed by atoms with Gasteiger partial charge in [-0.05, 0) is 48.9 Å². The summed E-state index contributed by atoms with van der Waals surface area (Å²) in [6.07, 6.45) is 0. The Labute approximate surface area is 151 Å². The molecule has 0 bridgehead atoms. The molecular weight excluding hydrogens is 324 g/mol. The number of benzene rings is 3. The van der Waals surface area contributed by atoms with Crippen LogP contribution in [0.5, 0.6) is 5.75 Å². The molecule has 0 unspecified atom stereocenters. The Balaban J connectivity index is 2.12. The Bertz CT molecular complexity index is 1130. The minimum absolute atomic E-state index is 0.673. The highest BCUT2D eigenvalue weighted by Crippen LogP contribution is 2.40. The van der Waals surface area contributed by atoms with E-state index in [2.05, 4.69) is 17.1 Å². The largest absolute Gasteiger partial charge is 0.497 e. The molecular formula is C22H20N2O2. The molecule has 4 heteroatoms. The van der Waals surface area contributed by atoms with E-state index in [0.29, 0.717) is 5.69 Å². The number of fused-ring (bicyclic) bond motifs is 2. The van der Waals surface area contributed by atoms with E-state index in [9.17, 15) is 0 Å². The predicted molar refractivity (Wildman–Crippen MR) is 105 cm³/mol. The molecule has 0 atom stereocenters. The molecule has 1 aliphatic heterocycles. The number of hydrogen-bond donors (Lipinski definition) is 1. The molecule has 0 amide bonds. The number of ether oxygens (including phenoxy) is 1. The predicted octanol–water partition coefficient (Wildman–Crippen LogP) is 4.72. The number of nitrogens with two attached hydrogens (primary N) is 1. The van der Waals surface area contributed by atoms with Crippen molar-refractivity contribution in [3.05, 3.63) is 66.0 Å². The van der Waals surface area contributed by atoms with Crippen molar-refractivity contribution in [2.45, 2.75) is 6.92 Å². The first-order chi connectivity index (χ1) is 12.7. The molecule has 0 radical (unpaired) electrons. The molecule has 1 aliphatic carbocycles. The Kier molecular flexibility index (Phi) is 4.09. The van der Waals surface area contributed by atoms with E-state index in [-0.39, 0.29) is 0 Å². The van der Waals surface area contributed by atoms with E-state index < -0.39 is 0 Å². The summed E-state index contributed by atoms with van der Waals surface area (Å²) >= 11 is 0. The van der Waals surface area contributed by atoms with Crippen LogP contribution in [0.4, 0.5) is 5.69 Å². The standard InChI is InChI=1S/C22H20N2O2/c1-3-24-16-8-10-19-21(13-16)26-20-12-15(23)7-9-18(20)22(19)14-5-4-6-17(11-14)25-2/h4-13H,3,23H2,1-2H3. The molecule has 4 rings (SSSR count). The highest BCUT2D eigenvalue weighted by Gasteiger charge is 2.17. The van der Waals surface area contributed by atoms with Crippen molar-refractivity contribution in [2.75, 3.05) is 19.4 Å². The van der Waals surface area contributed by atoms with E-state index >= 15 is 0 Å². The van der Waals surface area contributed by atoms with Gasteiger partial charge >= 0.3 is 0 Å². The highest BCUT2D eigenvalue weighted by atomic mass is 16.5. The number of anilines is 1. The van der Waals surface area contributed by atoms with Gasteiger partial charge in [-0.25, -0.2) is 0 Å². The van der Waals surface area contributed by atoms with Crippen LogP contribution in [0.3, 0.4) is 0 Å². The SMILES string of the molecule is CCN=c1ccc2c(-c3cccc(OC)c3)c3ccc(N)cc3oc-2c1. The molecule has 2 aromatic carbocycles. The van der Waals surface area contributed by atoms with Gasteiger partial charge in [0.2, 0.25) is 0 Å². The maximum Gasteiger partial charge on any atom is 0.137 e. The molecule has 0 aromatic heterocycles. The van der Waals surface area contributed by atoms with E-state index in [1.165, 1.54) is 0 Å². The highest BCUT2D eigenvalue weighted by molar-refractivity contribution is 6.02. The van der Waals surface area contributed by atoms with E-state index in [1.807, 2.05) is 55.5 Å². The van der Waals surface area contributed by atoms with Crippen molar-refractivity contribution in [2.24, 2.45) is 4.99 Å². The number of methoxy groups -OCH3 is 1. The van der Waals surface area contributed by atoms with E-state index in [4.69, 9.17) is 14.9 Å². The summed E-state index contributed by atoms with van der Waals surface area (Å²) in [5.74, 6) is 1.60. The van der Waals surface area contributed by atoms with Crippen LogP contribution in [0.15, 0.2) is 70.1 Å². The molecule has 130 valence electrons. The molecule has 0 spiro atoms. The van der Waals surface area contributed by atoms with Crippen molar-refractivity contribution in [3.8, 4) is 28.2 Å². The first-order valence-electron chi connectivity index (χ1n) is 8.60. The van der Waals surface area contributed by atoms with Crippen LogP contribution in [0.25, 0.3) is 33.4 Å². The first-order valence-corrected chi connectivity index (χ1v) is 8.60. The molecule has 2 aliphatic rings. The number of hydrogen-bond acceptors (Lipinski definition) is 4. The van der Waals surface area contributed by atoms with Gasteiger partial charge in [-0.1, -0.05) is 12.1 Å². The van der Waals surface area contributed by atoms with Gasteiger partial charge in [0.25, 0.3) is 0 Å². The van der Waals surface area contributed by atoms with Gasteiger partial charge in [0.05, 0.1) is 12.5 Å². The third-order valence-corrected chi connectivity index (χ3v) is 4.43. The zero-order valence-electron chi connectivity index (χ0n) is 14.8. The van der Waals surface area contributed by atoms with Gasteiger partial charge < -0.3 is 14.9 Å². The average Bonchev–Trinajstić information content (AvgIpc) is 2.66. The molecule has 0 saturated carbocycles. The molecule has 0 fully saturated rings. The second kappa shape index (κ2) is 6.56. The first kappa shape index (κ1) is 16.2. The minimum atomic E-state index is 0.673. The lowest BCUT2D eigenvalue weighted by Gasteiger charge is -2.16. The fraction of sp³-hybridized carbons (Fsp3) is 0.136. The van der Waals surface area contributed by atoms with Gasteiger partial charge in [-0.15, -0.1) is 0 Å². The van der Waals surface area contributed by atoms with Gasteiger partial charge in [-0.2, -0.15) is 0 Å². The lowest BCUT2D eigenvalue weighted by Crippen LogP contribution is -2.03. The lowest BCUT2D eigenvalue weighted by atomic mass is 9.93. The smallest absolute Gasteiger partial charge is 0.137 e. The fourth-order valence-electron chi connectivity index (χ4n) is 3.27. The Morgan fingerprint density at radius 1 is 1.04 bits per heavy atom. The average molecular weight is 344 g/mol. The lowest BCUT2D eigenvalue weighted by molar-refractivity contribution is 0.415. The summed E-state index contributed by atoms with van der Waals surface area (Å²) in [6, 6.07) is 19.9. The van der Waals surface area contributed by atoms with Crippen LogP contribution in [0.1, 0.15) is 6.92 Å². The van der Waals surface area contributed by atoms with Gasteiger partial charge in [0, 0.05) is 40.9 Å². The monoisotopic (exact) mass is 344 g/mol. The van der Waals surface area contributed by atoms with Crippen molar-refractivity contribution >= 4 is 16.7 Å². The van der Waals surface area contributed by atoms with Crippen LogP contribution in [0, 0.1) is 0 Å². The van der Waals surface area contributed by atoms with Crippen molar-refractivity contribution in [3.63, 3.8) is 0 Å². The van der Waals surface area contributed by atoms with Crippen LogP contribution >= 0.6 is 0 Å². The zero-order chi connectivity index (χ0) is 18.1. The summed E-state index contributed by atoms with van der Waals surface area (Å²) in [6.45, 7) is 2.75. The van der Waals surface area contributed by atoms with Crippen LogP contribution in [-0.2, 0) is 0 Å². The Morgan fingerprint density at radius 3 is 2.73 bits per heavy atom. The number of nitrogen functional groups attached to an aromatic ring is 1. The van der Waals surface area contributed by atoms with Gasteiger partial charge in [0.15, 0.2) is 0 Å². The summed E-state index contributed by atoms with van der Waals surface area (Å²) in [5, 5.41) is 1.92. The molecule has 2 N–H and O–H groups in total. The van der Waals surface area contributed by atoms with E-state index in [1.54, 1.807) is 7.11 Å². The topological polar surface area (TPSA) is 60.8 Å². The van der Waals surface area contributed by atoms with Gasteiger partial charge in [-0.3, -0.25) is 4.99 Å². The quantitative estimate of drug-likeness (QED) is 0.432. The second-order valence-corrected chi connectivity index (χ2v) is 6.12. The Morgan fingerprint density at radius 2 is 1.92 bits per heavy atom. The molecule has 26 heavy (non-hydrogen) atoms. The summed E-state index contributed by atoms with van der Waals surface area (Å²) in [4.78, 5) is 4.48.